The van der Waals surface area contributed by atoms with Crippen LogP contribution in [0.2, 0.25) is 0 Å². The second-order valence-corrected chi connectivity index (χ2v) is 8.27. The number of phenols is 1. The molecule has 0 radical (unpaired) electrons. The highest BCUT2D eigenvalue weighted by Crippen LogP contribution is 2.40. The molecule has 0 saturated carbocycles. The normalized spacial score (nSPS) is 20.4. The van der Waals surface area contributed by atoms with Crippen molar-refractivity contribution in [2.45, 2.75) is 17.9 Å². The first kappa shape index (κ1) is 19.6. The van der Waals surface area contributed by atoms with Gasteiger partial charge in [-0.1, -0.05) is 37.3 Å². The maximum atomic E-state index is 12.6. The van der Waals surface area contributed by atoms with Crippen LogP contribution in [0.1, 0.15) is 18.5 Å². The molecule has 9 nitrogen and oxygen atoms in total. The molecule has 1 aliphatic heterocycles. The molecule has 2 aromatic carbocycles. The molecule has 2 aromatic rings. The first-order valence-corrected chi connectivity index (χ1v) is 10.0. The number of phenolic OH excluding ortho intramolecular Hbond substituents is 1. The second-order valence-electron chi connectivity index (χ2n) is 6.58. The Morgan fingerprint density at radius 3 is 2.36 bits per heavy atom. The van der Waals surface area contributed by atoms with Crippen molar-refractivity contribution in [1.82, 2.24) is 10.0 Å². The Bertz CT molecular complexity index is 1000. The molecule has 2 N–H and O–H groups in total. The Morgan fingerprint density at radius 1 is 1.07 bits per heavy atom. The number of sulfonamides is 1. The molecule has 0 aromatic heterocycles. The minimum atomic E-state index is -3.91. The molecular formula is C18H21N4O5S+. The summed E-state index contributed by atoms with van der Waals surface area (Å²) < 4.78 is 27.5. The van der Waals surface area contributed by atoms with Gasteiger partial charge in [-0.25, -0.2) is 8.42 Å². The molecule has 148 valence electrons. The van der Waals surface area contributed by atoms with Crippen molar-refractivity contribution in [3.05, 3.63) is 59.0 Å². The van der Waals surface area contributed by atoms with Crippen LogP contribution in [-0.4, -0.2) is 48.5 Å². The molecule has 10 heteroatoms. The van der Waals surface area contributed by atoms with Crippen LogP contribution in [-0.2, 0) is 14.8 Å². The molecule has 0 aliphatic carbocycles. The summed E-state index contributed by atoms with van der Waals surface area (Å²) in [5.74, 6) is -1.38. The van der Waals surface area contributed by atoms with Crippen LogP contribution in [0.5, 0.6) is 5.75 Å². The van der Waals surface area contributed by atoms with Crippen molar-refractivity contribution in [3.63, 3.8) is 0 Å². The maximum Gasteiger partial charge on any atom is 0.290 e. The summed E-state index contributed by atoms with van der Waals surface area (Å²) in [7, 11) is -1.05. The van der Waals surface area contributed by atoms with Crippen LogP contribution in [0, 0.1) is 10.8 Å². The Balaban J connectivity index is 2.00. The van der Waals surface area contributed by atoms with Crippen LogP contribution in [0.3, 0.4) is 0 Å². The summed E-state index contributed by atoms with van der Waals surface area (Å²) in [6.07, 6.45) is 0. The van der Waals surface area contributed by atoms with Gasteiger partial charge in [0, 0.05) is 5.56 Å². The van der Waals surface area contributed by atoms with Crippen LogP contribution in [0.4, 0.5) is 5.69 Å². The molecule has 0 spiro atoms. The highest BCUT2D eigenvalue weighted by Gasteiger charge is 2.49. The Hall–Kier alpha value is -3.14. The number of hydrogen-bond donors (Lipinski definition) is 2. The smallest absolute Gasteiger partial charge is 0.290 e. The molecule has 1 fully saturated rings. The predicted molar refractivity (Wildman–Crippen MR) is 101 cm³/mol. The molecule has 0 bridgehead atoms. The fourth-order valence-electron chi connectivity index (χ4n) is 3.31. The molecule has 1 heterocycles. The lowest BCUT2D eigenvalue weighted by atomic mass is 9.91. The molecular weight excluding hydrogens is 384 g/mol. The lowest BCUT2D eigenvalue weighted by Gasteiger charge is -2.33. The molecule has 2 unspecified atom stereocenters. The summed E-state index contributed by atoms with van der Waals surface area (Å²) >= 11 is 0. The molecule has 3 rings (SSSR count). The van der Waals surface area contributed by atoms with Gasteiger partial charge in [-0.05, 0) is 23.2 Å². The number of hydrazine groups is 2. The van der Waals surface area contributed by atoms with E-state index in [9.17, 15) is 23.2 Å². The molecule has 28 heavy (non-hydrogen) atoms. The zero-order chi connectivity index (χ0) is 20.6. The zero-order valence-electron chi connectivity index (χ0n) is 15.6. The summed E-state index contributed by atoms with van der Waals surface area (Å²) in [5.41, 5.74) is 0.233. The molecule has 2 atom stereocenters. The standard InChI is InChI=1S/C18H20N4O5S/c1-12-16(20(2)22(25)21(3)18(12)24)14-10-7-11-15(17(14)23)19-28(26,27)13-8-5-4-6-9-13/h4-12,16,19H,1-3H3/p+1. The average Bonchev–Trinajstić information content (AvgIpc) is 2.68. The van der Waals surface area contributed by atoms with Gasteiger partial charge in [-0.2, -0.15) is 0 Å². The van der Waals surface area contributed by atoms with E-state index in [2.05, 4.69) is 4.72 Å². The second kappa shape index (κ2) is 7.12. The number of rotatable bonds is 4. The molecule has 1 aliphatic rings. The summed E-state index contributed by atoms with van der Waals surface area (Å²) in [6, 6.07) is 11.5. The van der Waals surface area contributed by atoms with Crippen molar-refractivity contribution in [1.29, 1.82) is 0 Å². The monoisotopic (exact) mass is 405 g/mol. The average molecular weight is 405 g/mol. The first-order chi connectivity index (χ1) is 13.1. The van der Waals surface area contributed by atoms with Gasteiger partial charge in [0.1, 0.15) is 11.8 Å². The van der Waals surface area contributed by atoms with Crippen molar-refractivity contribution < 1.29 is 23.3 Å². The fourth-order valence-corrected chi connectivity index (χ4v) is 4.40. The minimum absolute atomic E-state index is 0.0363. The van der Waals surface area contributed by atoms with Crippen molar-refractivity contribution in [3.8, 4) is 5.75 Å². The van der Waals surface area contributed by atoms with Gasteiger partial charge >= 0.3 is 0 Å². The first-order valence-electron chi connectivity index (χ1n) is 8.52. The number of benzene rings is 2. The molecule has 1 saturated heterocycles. The van der Waals surface area contributed by atoms with Crippen molar-refractivity contribution in [2.24, 2.45) is 5.92 Å². The maximum absolute atomic E-state index is 12.6. The summed E-state index contributed by atoms with van der Waals surface area (Å²) in [5, 5.41) is 12.9. The van der Waals surface area contributed by atoms with Crippen LogP contribution in [0.15, 0.2) is 53.4 Å². The van der Waals surface area contributed by atoms with E-state index in [4.69, 9.17) is 0 Å². The highest BCUT2D eigenvalue weighted by molar-refractivity contribution is 7.92. The van der Waals surface area contributed by atoms with E-state index in [1.54, 1.807) is 37.3 Å². The number of nitrogens with one attached hydrogen (secondary N) is 1. The Morgan fingerprint density at radius 2 is 1.71 bits per heavy atom. The summed E-state index contributed by atoms with van der Waals surface area (Å²) in [6.45, 7) is 1.65. The van der Waals surface area contributed by atoms with Gasteiger partial charge in [0.2, 0.25) is 0 Å². The van der Waals surface area contributed by atoms with Gasteiger partial charge < -0.3 is 5.11 Å². The van der Waals surface area contributed by atoms with Gasteiger partial charge in [-0.3, -0.25) is 9.52 Å². The Labute approximate surface area is 162 Å². The lowest BCUT2D eigenvalue weighted by Crippen LogP contribution is -2.55. The van der Waals surface area contributed by atoms with E-state index in [1.807, 2.05) is 0 Å². The van der Waals surface area contributed by atoms with Gasteiger partial charge in [0.25, 0.3) is 20.9 Å². The van der Waals surface area contributed by atoms with Gasteiger partial charge in [0.15, 0.2) is 0 Å². The number of carbonyl (C=O) groups excluding carboxylic acids is 1. The number of nitrogens with zero attached hydrogens (tertiary/aromatic N) is 3. The highest BCUT2D eigenvalue weighted by atomic mass is 32.2. The number of para-hydroxylation sites is 1. The van der Waals surface area contributed by atoms with E-state index in [0.29, 0.717) is 4.98 Å². The van der Waals surface area contributed by atoms with Crippen LogP contribution in [0.25, 0.3) is 0 Å². The predicted octanol–water partition coefficient (Wildman–Crippen LogP) is 1.88. The van der Waals surface area contributed by atoms with Crippen LogP contribution < -0.4 is 4.72 Å². The van der Waals surface area contributed by atoms with E-state index < -0.39 is 27.9 Å². The topological polar surface area (TPSA) is 110 Å². The zero-order valence-corrected chi connectivity index (χ0v) is 16.4. The van der Waals surface area contributed by atoms with Crippen molar-refractivity contribution in [2.75, 3.05) is 18.8 Å². The van der Waals surface area contributed by atoms with E-state index in [-0.39, 0.29) is 21.9 Å². The lowest BCUT2D eigenvalue weighted by molar-refractivity contribution is -0.823. The van der Waals surface area contributed by atoms with Crippen LogP contribution >= 0.6 is 0 Å². The van der Waals surface area contributed by atoms with E-state index in [0.717, 1.165) is 5.01 Å². The van der Waals surface area contributed by atoms with Crippen molar-refractivity contribution >= 4 is 21.6 Å². The third-order valence-electron chi connectivity index (χ3n) is 4.79. The largest absolute Gasteiger partial charge is 0.505 e. The van der Waals surface area contributed by atoms with Gasteiger partial charge in [-0.15, -0.1) is 5.01 Å². The van der Waals surface area contributed by atoms with Gasteiger partial charge in [0.05, 0.1) is 35.5 Å². The quantitative estimate of drug-likeness (QED) is 0.594. The molecule has 1 amide bonds. The Kier molecular flexibility index (Phi) is 4.99. The third kappa shape index (κ3) is 3.26. The minimum Gasteiger partial charge on any atom is -0.505 e. The van der Waals surface area contributed by atoms with E-state index in [1.165, 1.54) is 37.3 Å². The summed E-state index contributed by atoms with van der Waals surface area (Å²) in [4.78, 5) is 25.0. The number of nitroso groups, excluding NO2 is 1. The SMILES string of the molecule is CC1C(=O)N(C)[N+](=O)N(C)C1c1cccc(NS(=O)(=O)c2ccccc2)c1O. The number of hydrogen-bond acceptors (Lipinski definition) is 5. The number of carbonyl (C=O) groups is 1. The number of aromatic hydroxyl groups is 1. The third-order valence-corrected chi connectivity index (χ3v) is 6.18. The number of anilines is 1. The van der Waals surface area contributed by atoms with E-state index >= 15 is 0 Å². The number of amides is 1. The fraction of sp³-hybridized carbons (Fsp3) is 0.278.